The number of primary amides is 1. The van der Waals surface area contributed by atoms with E-state index in [2.05, 4.69) is 19.4 Å². The topological polar surface area (TPSA) is 140 Å². The number of likely N-dealkylation sites (N-methyl/N-ethyl adjacent to an activating group) is 1. The molecule has 1 aromatic carbocycles. The van der Waals surface area contributed by atoms with Gasteiger partial charge in [-0.2, -0.15) is 0 Å². The molecule has 4 aliphatic rings. The third kappa shape index (κ3) is 4.39. The molecule has 1 aromatic rings. The van der Waals surface area contributed by atoms with E-state index in [0.29, 0.717) is 25.4 Å². The van der Waals surface area contributed by atoms with Gasteiger partial charge in [-0.15, -0.1) is 0 Å². The Balaban J connectivity index is 1.68. The number of aromatic hydroxyl groups is 1. The van der Waals surface area contributed by atoms with Crippen molar-refractivity contribution < 1.29 is 29.6 Å². The molecule has 4 aliphatic carbocycles. The summed E-state index contributed by atoms with van der Waals surface area (Å²) in [6.45, 7) is 0.642. The number of carbonyl (C=O) groups excluding carboxylic acids is 2. The van der Waals surface area contributed by atoms with Crippen LogP contribution in [0.2, 0.25) is 0 Å². The van der Waals surface area contributed by atoms with Crippen LogP contribution in [0.3, 0.4) is 0 Å². The number of allylic oxidation sites excluding steroid dienone is 1. The number of carbonyl (C=O) groups is 2. The molecule has 0 bridgehead atoms. The average molecular weight is 579 g/mol. The maximum absolute atomic E-state index is 14.3. The zero-order valence-electron chi connectivity index (χ0n) is 25.5. The molecule has 5 rings (SSSR count). The monoisotopic (exact) mass is 578 g/mol. The van der Waals surface area contributed by atoms with E-state index in [1.54, 1.807) is 25.1 Å². The van der Waals surface area contributed by atoms with E-state index in [1.807, 2.05) is 19.0 Å². The number of amides is 1. The predicted molar refractivity (Wildman–Crippen MR) is 163 cm³/mol. The molecule has 11 heteroatoms. The molecular formula is C31H43BN4O6. The number of nitrogens with zero attached hydrogens (tertiary/aromatic N) is 3. The molecule has 226 valence electrons. The Labute approximate surface area is 248 Å². The number of aliphatic hydroxyl groups is 2. The fraction of sp³-hybridized carbons (Fsp3) is 0.581. The molecule has 4 atom stereocenters. The van der Waals surface area contributed by atoms with E-state index in [9.17, 15) is 24.9 Å². The molecule has 0 aliphatic heterocycles. The molecule has 0 aromatic heterocycles. The van der Waals surface area contributed by atoms with Gasteiger partial charge in [-0.25, -0.2) is 0 Å². The number of hydrogen-bond donors (Lipinski definition) is 4. The first kappa shape index (κ1) is 30.3. The van der Waals surface area contributed by atoms with Gasteiger partial charge in [0.25, 0.3) is 0 Å². The Morgan fingerprint density at radius 3 is 2.36 bits per heavy atom. The molecule has 0 heterocycles. The summed E-state index contributed by atoms with van der Waals surface area (Å²) >= 11 is 0. The fourth-order valence-electron chi connectivity index (χ4n) is 8.20. The zero-order valence-corrected chi connectivity index (χ0v) is 25.5. The number of nitrogens with two attached hydrogens (primary N) is 1. The molecule has 0 unspecified atom stereocenters. The quantitative estimate of drug-likeness (QED) is 0.351. The Kier molecular flexibility index (Phi) is 7.83. The van der Waals surface area contributed by atoms with E-state index in [1.165, 1.54) is 20.0 Å². The third-order valence-corrected chi connectivity index (χ3v) is 9.96. The minimum atomic E-state index is -1.97. The van der Waals surface area contributed by atoms with Crippen molar-refractivity contribution in [3.63, 3.8) is 0 Å². The van der Waals surface area contributed by atoms with Crippen molar-refractivity contribution in [2.24, 2.45) is 17.6 Å². The number of rotatable bonds is 7. The summed E-state index contributed by atoms with van der Waals surface area (Å²) in [5.41, 5.74) is 6.40. The van der Waals surface area contributed by atoms with Crippen LogP contribution in [-0.4, -0.2) is 110 Å². The molecule has 1 fully saturated rings. The number of aliphatic hydroxyl groups excluding tert-OH is 1. The van der Waals surface area contributed by atoms with Crippen LogP contribution in [0.5, 0.6) is 5.75 Å². The van der Waals surface area contributed by atoms with Crippen molar-refractivity contribution in [1.29, 1.82) is 0 Å². The van der Waals surface area contributed by atoms with Crippen LogP contribution in [0.4, 0.5) is 5.69 Å². The van der Waals surface area contributed by atoms with Gasteiger partial charge in [-0.1, -0.05) is 12.8 Å². The Morgan fingerprint density at radius 1 is 1.17 bits per heavy atom. The first-order chi connectivity index (χ1) is 19.7. The zero-order chi connectivity index (χ0) is 30.8. The van der Waals surface area contributed by atoms with Gasteiger partial charge in [0.2, 0.25) is 0 Å². The third-order valence-electron chi connectivity index (χ3n) is 9.96. The molecule has 5 N–H and O–H groups in total. The average Bonchev–Trinajstić information content (AvgIpc) is 3.43. The first-order valence-corrected chi connectivity index (χ1v) is 14.7. The van der Waals surface area contributed by atoms with Crippen molar-refractivity contribution in [3.05, 3.63) is 45.4 Å². The molecule has 42 heavy (non-hydrogen) atoms. The number of ether oxygens (including phenoxy) is 1. The summed E-state index contributed by atoms with van der Waals surface area (Å²) in [5, 5.41) is 34.9. The predicted octanol–water partition coefficient (Wildman–Crippen LogP) is 1.15. The van der Waals surface area contributed by atoms with Gasteiger partial charge in [0.05, 0.1) is 0 Å². The number of benzene rings is 1. The van der Waals surface area contributed by atoms with Crippen LogP contribution >= 0.6 is 0 Å². The van der Waals surface area contributed by atoms with Crippen molar-refractivity contribution in [2.45, 2.75) is 62.8 Å². The normalized spacial score (nSPS) is 27.9. The van der Waals surface area contributed by atoms with Crippen LogP contribution in [0.15, 0.2) is 28.7 Å². The van der Waals surface area contributed by atoms with Gasteiger partial charge in [-0.05, 0) is 12.8 Å². The van der Waals surface area contributed by atoms with Crippen LogP contribution < -0.4 is 10.6 Å². The minimum absolute atomic E-state index is 0.0154. The fourth-order valence-corrected chi connectivity index (χ4v) is 8.20. The molecule has 1 amide bonds. The summed E-state index contributed by atoms with van der Waals surface area (Å²) < 4.78 is 5.81. The molecule has 0 spiro atoms. The van der Waals surface area contributed by atoms with Crippen molar-refractivity contribution in [1.82, 2.24) is 9.80 Å². The van der Waals surface area contributed by atoms with Crippen LogP contribution in [0.1, 0.15) is 53.6 Å². The Hall–Kier alpha value is -3.15. The summed E-state index contributed by atoms with van der Waals surface area (Å²) in [5.74, 6) is -2.78. The maximum atomic E-state index is 14.3. The second-order valence-electron chi connectivity index (χ2n) is 12.8. The van der Waals surface area contributed by atoms with E-state index in [4.69, 9.17) is 10.5 Å². The van der Waals surface area contributed by atoms with Gasteiger partial charge < -0.3 is 0 Å². The van der Waals surface area contributed by atoms with Gasteiger partial charge in [0, 0.05) is 0 Å². The SMILES string of the molecule is B=C1C(C(N)=O)=C(O)[C@@H](N(C)C)[C@@H]2C[C@@H]3Cc4c(c(O)cc(CN(C)C5CCCC5)c4N(C)C)C(=O)C3=C(OC)[C@]12O. The van der Waals surface area contributed by atoms with Crippen molar-refractivity contribution in [2.75, 3.05) is 47.2 Å². The second-order valence-corrected chi connectivity index (χ2v) is 12.8. The number of hydrogen-bond acceptors (Lipinski definition) is 9. The van der Waals surface area contributed by atoms with Crippen LogP contribution in [-0.2, 0) is 22.5 Å². The number of anilines is 1. The van der Waals surface area contributed by atoms with Gasteiger partial charge in [0.1, 0.15) is 0 Å². The molecule has 10 nitrogen and oxygen atoms in total. The number of phenolic OH excluding ortho intramolecular Hbond substituents is 1. The van der Waals surface area contributed by atoms with Gasteiger partial charge in [-0.3, -0.25) is 0 Å². The summed E-state index contributed by atoms with van der Waals surface area (Å²) in [6, 6.07) is 1.40. The molecule has 1 saturated carbocycles. The van der Waals surface area contributed by atoms with Gasteiger partial charge >= 0.3 is 223 Å². The van der Waals surface area contributed by atoms with E-state index < -0.39 is 29.3 Å². The van der Waals surface area contributed by atoms with Crippen LogP contribution in [0.25, 0.3) is 0 Å². The molecular weight excluding hydrogens is 535 g/mol. The Bertz CT molecular complexity index is 1410. The van der Waals surface area contributed by atoms with Gasteiger partial charge in [0.15, 0.2) is 0 Å². The first-order valence-electron chi connectivity index (χ1n) is 14.7. The standard InChI is InChI=1S/C31H43BN4O6/c1-34(2)24-16(14-36(5)17-9-7-8-10-17)13-20(37)22-18(24)11-15-12-19-25(35(3)4)27(39)23(30(33)40)28(32)31(19,41)29(42-6)21(15)26(22)38/h13,15,17,19,25,32,37,39,41H,7-12,14H2,1-6H3,(H2,33,40)/t15-,19-,25-,31+/m0/s1. The van der Waals surface area contributed by atoms with E-state index in [-0.39, 0.29) is 45.4 Å². The Morgan fingerprint density at radius 2 is 1.81 bits per heavy atom. The molecule has 0 saturated heterocycles. The number of methoxy groups -OCH3 is 1. The number of ketones is 1. The second kappa shape index (κ2) is 10.8. The van der Waals surface area contributed by atoms with Crippen molar-refractivity contribution in [3.8, 4) is 5.75 Å². The summed E-state index contributed by atoms with van der Waals surface area (Å²) in [7, 11) is 14.8. The number of Topliss-reactive ketones (excluding diaryl/α,β-unsaturated/α-hetero) is 1. The van der Waals surface area contributed by atoms with Crippen LogP contribution in [0, 0.1) is 11.8 Å². The number of fused-ring (bicyclic) bond motifs is 3. The molecule has 0 radical (unpaired) electrons. The summed E-state index contributed by atoms with van der Waals surface area (Å²) in [4.78, 5) is 32.9. The number of phenols is 1. The van der Waals surface area contributed by atoms with E-state index >= 15 is 0 Å². The summed E-state index contributed by atoms with van der Waals surface area (Å²) in [6.07, 6.45) is 5.48. The van der Waals surface area contributed by atoms with E-state index in [0.717, 1.165) is 29.7 Å². The van der Waals surface area contributed by atoms with Crippen molar-refractivity contribution >= 4 is 30.3 Å².